The summed E-state index contributed by atoms with van der Waals surface area (Å²) < 4.78 is 1.04. The van der Waals surface area contributed by atoms with Crippen LogP contribution in [0.15, 0.2) is 22.7 Å². The highest BCUT2D eigenvalue weighted by Gasteiger charge is 2.36. The van der Waals surface area contributed by atoms with Gasteiger partial charge >= 0.3 is 0 Å². The smallest absolute Gasteiger partial charge is 0.101 e. The molecule has 2 fully saturated rings. The second-order valence-corrected chi connectivity index (χ2v) is 6.74. The summed E-state index contributed by atoms with van der Waals surface area (Å²) in [5, 5.41) is 13.1. The van der Waals surface area contributed by atoms with E-state index < -0.39 is 0 Å². The van der Waals surface area contributed by atoms with Crippen LogP contribution in [0.4, 0.5) is 5.69 Å². The predicted molar refractivity (Wildman–Crippen MR) is 84.8 cm³/mol. The number of piperidine rings is 1. The molecule has 0 aliphatic carbocycles. The van der Waals surface area contributed by atoms with Gasteiger partial charge in [-0.2, -0.15) is 5.26 Å². The van der Waals surface area contributed by atoms with Gasteiger partial charge in [0.1, 0.15) is 6.07 Å². The fraction of sp³-hybridized carbons (Fsp3) is 0.562. The van der Waals surface area contributed by atoms with Gasteiger partial charge in [0.25, 0.3) is 0 Å². The van der Waals surface area contributed by atoms with Gasteiger partial charge in [0.2, 0.25) is 0 Å². The Morgan fingerprint density at radius 1 is 1.35 bits per heavy atom. The first-order chi connectivity index (χ1) is 9.71. The van der Waals surface area contributed by atoms with Gasteiger partial charge in [0, 0.05) is 29.1 Å². The Bertz CT molecular complexity index is 525. The number of nitrogens with one attached hydrogen (secondary N) is 1. The molecule has 0 radical (unpaired) electrons. The summed E-state index contributed by atoms with van der Waals surface area (Å²) in [5.41, 5.74) is 1.86. The Labute approximate surface area is 129 Å². The van der Waals surface area contributed by atoms with Gasteiger partial charge in [0.15, 0.2) is 0 Å². The summed E-state index contributed by atoms with van der Waals surface area (Å²) in [4.78, 5) is 2.43. The molecule has 2 unspecified atom stereocenters. The molecule has 2 aliphatic rings. The molecule has 2 heterocycles. The molecule has 0 spiro atoms. The summed E-state index contributed by atoms with van der Waals surface area (Å²) >= 11 is 3.53. The van der Waals surface area contributed by atoms with Crippen molar-refractivity contribution in [2.24, 2.45) is 0 Å². The van der Waals surface area contributed by atoms with Crippen molar-refractivity contribution in [2.75, 3.05) is 11.4 Å². The molecule has 2 saturated heterocycles. The molecule has 2 bridgehead atoms. The third-order valence-corrected chi connectivity index (χ3v) is 5.11. The third-order valence-electron chi connectivity index (χ3n) is 4.62. The minimum atomic E-state index is 0.556. The van der Waals surface area contributed by atoms with E-state index >= 15 is 0 Å². The van der Waals surface area contributed by atoms with Crippen molar-refractivity contribution in [3.63, 3.8) is 0 Å². The molecule has 3 rings (SSSR count). The van der Waals surface area contributed by atoms with Crippen molar-refractivity contribution in [3.8, 4) is 6.07 Å². The predicted octanol–water partition coefficient (Wildman–Crippen LogP) is 3.43. The molecule has 1 N–H and O–H groups in total. The lowest BCUT2D eigenvalue weighted by Gasteiger charge is -2.39. The summed E-state index contributed by atoms with van der Waals surface area (Å²) in [6.07, 6.45) is 5.01. The number of rotatable bonds is 3. The largest absolute Gasteiger partial charge is 0.368 e. The van der Waals surface area contributed by atoms with E-state index in [2.05, 4.69) is 45.2 Å². The van der Waals surface area contributed by atoms with Crippen LogP contribution in [0, 0.1) is 11.3 Å². The summed E-state index contributed by atoms with van der Waals surface area (Å²) in [7, 11) is 0. The average molecular weight is 334 g/mol. The molecule has 0 aromatic heterocycles. The maximum absolute atomic E-state index is 9.36. The highest BCUT2D eigenvalue weighted by atomic mass is 79.9. The van der Waals surface area contributed by atoms with Crippen molar-refractivity contribution < 1.29 is 0 Å². The molecule has 1 aromatic carbocycles. The van der Waals surface area contributed by atoms with Gasteiger partial charge in [-0.1, -0.05) is 15.9 Å². The van der Waals surface area contributed by atoms with Gasteiger partial charge in [0.05, 0.1) is 11.3 Å². The molecule has 4 heteroatoms. The highest BCUT2D eigenvalue weighted by molar-refractivity contribution is 9.10. The van der Waals surface area contributed by atoms with E-state index in [4.69, 9.17) is 0 Å². The zero-order valence-electron chi connectivity index (χ0n) is 11.8. The number of hydrogen-bond donors (Lipinski definition) is 1. The second kappa shape index (κ2) is 5.75. The lowest BCUT2D eigenvalue weighted by molar-refractivity contribution is 0.349. The molecule has 0 amide bonds. The number of anilines is 1. The average Bonchev–Trinajstić information content (AvgIpc) is 2.79. The van der Waals surface area contributed by atoms with Crippen molar-refractivity contribution in [1.82, 2.24) is 5.32 Å². The fourth-order valence-corrected chi connectivity index (χ4v) is 4.09. The van der Waals surface area contributed by atoms with E-state index in [9.17, 15) is 5.26 Å². The van der Waals surface area contributed by atoms with Crippen molar-refractivity contribution in [1.29, 1.82) is 5.26 Å². The van der Waals surface area contributed by atoms with Gasteiger partial charge in [-0.25, -0.2) is 0 Å². The molecule has 106 valence electrons. The first-order valence-corrected chi connectivity index (χ1v) is 8.23. The van der Waals surface area contributed by atoms with Crippen LogP contribution in [-0.2, 0) is 0 Å². The number of nitrogens with zero attached hydrogens (tertiary/aromatic N) is 2. The summed E-state index contributed by atoms with van der Waals surface area (Å²) in [5.74, 6) is 0. The van der Waals surface area contributed by atoms with Crippen LogP contribution < -0.4 is 10.2 Å². The van der Waals surface area contributed by atoms with Crippen LogP contribution in [0.2, 0.25) is 0 Å². The molecule has 0 saturated carbocycles. The van der Waals surface area contributed by atoms with Gasteiger partial charge < -0.3 is 10.2 Å². The first-order valence-electron chi connectivity index (χ1n) is 7.43. The number of hydrogen-bond acceptors (Lipinski definition) is 3. The standard InChI is InChI=1S/C16H20BrN3/c1-2-20(15-8-13-5-6-14(9-15)19-13)16-7-12(17)4-3-11(16)10-18/h3-4,7,13-15,19H,2,5-6,8-9H2,1H3. The first kappa shape index (κ1) is 13.9. The molecule has 20 heavy (non-hydrogen) atoms. The lowest BCUT2D eigenvalue weighted by atomic mass is 9.97. The quantitative estimate of drug-likeness (QED) is 0.920. The maximum atomic E-state index is 9.36. The third kappa shape index (κ3) is 2.57. The van der Waals surface area contributed by atoms with Crippen LogP contribution in [0.5, 0.6) is 0 Å². The number of halogens is 1. The van der Waals surface area contributed by atoms with Crippen LogP contribution >= 0.6 is 15.9 Å². The number of benzene rings is 1. The molecule has 2 atom stereocenters. The van der Waals surface area contributed by atoms with Crippen LogP contribution in [-0.4, -0.2) is 24.7 Å². The van der Waals surface area contributed by atoms with Crippen LogP contribution in [0.3, 0.4) is 0 Å². The Morgan fingerprint density at radius 3 is 2.65 bits per heavy atom. The van der Waals surface area contributed by atoms with Crippen LogP contribution in [0.1, 0.15) is 38.2 Å². The Balaban J connectivity index is 1.90. The Kier molecular flexibility index (Phi) is 4.00. The minimum Gasteiger partial charge on any atom is -0.368 e. The molecule has 3 nitrogen and oxygen atoms in total. The van der Waals surface area contributed by atoms with Crippen molar-refractivity contribution in [3.05, 3.63) is 28.2 Å². The monoisotopic (exact) mass is 333 g/mol. The topological polar surface area (TPSA) is 39.1 Å². The molecule has 2 aliphatic heterocycles. The zero-order chi connectivity index (χ0) is 14.1. The maximum Gasteiger partial charge on any atom is 0.101 e. The normalized spacial score (nSPS) is 28.1. The SMILES string of the molecule is CCN(c1cc(Br)ccc1C#N)C1CC2CCC(C1)N2. The van der Waals surface area contributed by atoms with Gasteiger partial charge in [-0.05, 0) is 50.8 Å². The van der Waals surface area contributed by atoms with Crippen molar-refractivity contribution >= 4 is 21.6 Å². The highest BCUT2D eigenvalue weighted by Crippen LogP contribution is 2.34. The van der Waals surface area contributed by atoms with E-state index in [1.54, 1.807) is 0 Å². The van der Waals surface area contributed by atoms with Crippen molar-refractivity contribution in [2.45, 2.75) is 50.7 Å². The van der Waals surface area contributed by atoms with E-state index in [1.807, 2.05) is 12.1 Å². The van der Waals surface area contributed by atoms with E-state index in [-0.39, 0.29) is 0 Å². The van der Waals surface area contributed by atoms with E-state index in [1.165, 1.54) is 25.7 Å². The fourth-order valence-electron chi connectivity index (χ4n) is 3.74. The second-order valence-electron chi connectivity index (χ2n) is 5.82. The lowest BCUT2D eigenvalue weighted by Crippen LogP contribution is -2.48. The van der Waals surface area contributed by atoms with Crippen LogP contribution in [0.25, 0.3) is 0 Å². The minimum absolute atomic E-state index is 0.556. The Morgan fingerprint density at radius 2 is 2.05 bits per heavy atom. The number of fused-ring (bicyclic) bond motifs is 2. The van der Waals surface area contributed by atoms with E-state index in [0.717, 1.165) is 22.3 Å². The zero-order valence-corrected chi connectivity index (χ0v) is 13.4. The van der Waals surface area contributed by atoms with E-state index in [0.29, 0.717) is 18.1 Å². The van der Waals surface area contributed by atoms with Gasteiger partial charge in [-0.3, -0.25) is 0 Å². The van der Waals surface area contributed by atoms with Gasteiger partial charge in [-0.15, -0.1) is 0 Å². The summed E-state index contributed by atoms with van der Waals surface area (Å²) in [6.45, 7) is 3.14. The molecular formula is C16H20BrN3. The molecular weight excluding hydrogens is 314 g/mol. The Hall–Kier alpha value is -1.05. The molecule has 1 aromatic rings. The summed E-state index contributed by atoms with van der Waals surface area (Å²) in [6, 6.07) is 10.2. The number of nitriles is 1.